The van der Waals surface area contributed by atoms with Crippen LogP contribution in [-0.4, -0.2) is 30.1 Å². The van der Waals surface area contributed by atoms with Crippen LogP contribution in [-0.2, 0) is 9.53 Å². The lowest BCUT2D eigenvalue weighted by Gasteiger charge is -2.09. The summed E-state index contributed by atoms with van der Waals surface area (Å²) in [5.74, 6) is 0.642. The zero-order chi connectivity index (χ0) is 11.0. The molecule has 0 saturated heterocycles. The average molecular weight is 258 g/mol. The molecule has 0 aliphatic rings. The molecule has 0 radical (unpaired) electrons. The zero-order valence-electron chi connectivity index (χ0n) is 7.83. The van der Waals surface area contributed by atoms with Crippen LogP contribution < -0.4 is 5.73 Å². The standard InChI is InChI=1S/C8H13Cl2NO2S/c1-2-13-8(12)7(11)5-14-4-6(10)3-9/h3,7H,2,4-5,11H2,1H3. The summed E-state index contributed by atoms with van der Waals surface area (Å²) < 4.78 is 4.74. The number of nitrogens with two attached hydrogens (primary N) is 1. The van der Waals surface area contributed by atoms with Gasteiger partial charge in [0.1, 0.15) is 6.04 Å². The molecule has 14 heavy (non-hydrogen) atoms. The summed E-state index contributed by atoms with van der Waals surface area (Å²) in [6.07, 6.45) is 0. The van der Waals surface area contributed by atoms with Crippen molar-refractivity contribution in [2.24, 2.45) is 5.73 Å². The smallest absolute Gasteiger partial charge is 0.323 e. The number of halogens is 2. The van der Waals surface area contributed by atoms with E-state index in [1.165, 1.54) is 17.3 Å². The third-order valence-corrected chi connectivity index (χ3v) is 3.13. The van der Waals surface area contributed by atoms with E-state index in [1.54, 1.807) is 6.92 Å². The van der Waals surface area contributed by atoms with Gasteiger partial charge in [-0.3, -0.25) is 4.79 Å². The highest BCUT2D eigenvalue weighted by molar-refractivity contribution is 7.99. The van der Waals surface area contributed by atoms with Crippen molar-refractivity contribution in [2.45, 2.75) is 13.0 Å². The molecular weight excluding hydrogens is 245 g/mol. The highest BCUT2D eigenvalue weighted by Crippen LogP contribution is 2.13. The van der Waals surface area contributed by atoms with Gasteiger partial charge >= 0.3 is 5.97 Å². The van der Waals surface area contributed by atoms with Gasteiger partial charge in [0.2, 0.25) is 0 Å². The maximum Gasteiger partial charge on any atom is 0.323 e. The molecule has 0 aliphatic carbocycles. The van der Waals surface area contributed by atoms with Gasteiger partial charge in [0.15, 0.2) is 0 Å². The topological polar surface area (TPSA) is 52.3 Å². The van der Waals surface area contributed by atoms with E-state index in [2.05, 4.69) is 0 Å². The summed E-state index contributed by atoms with van der Waals surface area (Å²) >= 11 is 12.4. The summed E-state index contributed by atoms with van der Waals surface area (Å²) in [4.78, 5) is 11.1. The molecule has 0 rings (SSSR count). The van der Waals surface area contributed by atoms with Crippen LogP contribution in [0.5, 0.6) is 0 Å². The van der Waals surface area contributed by atoms with Crippen LogP contribution in [0.4, 0.5) is 0 Å². The van der Waals surface area contributed by atoms with Gasteiger partial charge in [-0.2, -0.15) is 11.8 Å². The summed E-state index contributed by atoms with van der Waals surface area (Å²) in [6, 6.07) is -0.597. The maximum atomic E-state index is 11.1. The van der Waals surface area contributed by atoms with Gasteiger partial charge in [-0.1, -0.05) is 23.2 Å². The Labute approximate surface area is 97.9 Å². The van der Waals surface area contributed by atoms with Gasteiger partial charge in [0, 0.05) is 22.1 Å². The number of esters is 1. The quantitative estimate of drug-likeness (QED) is 0.739. The van der Waals surface area contributed by atoms with E-state index in [0.29, 0.717) is 23.1 Å². The lowest BCUT2D eigenvalue weighted by atomic mass is 10.4. The molecule has 82 valence electrons. The number of carbonyl (C=O) groups excluding carboxylic acids is 1. The highest BCUT2D eigenvalue weighted by Gasteiger charge is 2.13. The fourth-order valence-corrected chi connectivity index (χ4v) is 1.82. The Kier molecular flexibility index (Phi) is 8.47. The summed E-state index contributed by atoms with van der Waals surface area (Å²) in [7, 11) is 0. The van der Waals surface area contributed by atoms with Crippen LogP contribution >= 0.6 is 35.0 Å². The second-order valence-electron chi connectivity index (χ2n) is 2.43. The van der Waals surface area contributed by atoms with E-state index in [1.807, 2.05) is 0 Å². The minimum absolute atomic E-state index is 0.347. The zero-order valence-corrected chi connectivity index (χ0v) is 10.2. The second kappa shape index (κ2) is 8.41. The first kappa shape index (κ1) is 14.1. The lowest BCUT2D eigenvalue weighted by Crippen LogP contribution is -2.34. The first-order valence-corrected chi connectivity index (χ1v) is 6.03. The molecule has 0 amide bonds. The van der Waals surface area contributed by atoms with Crippen molar-refractivity contribution < 1.29 is 9.53 Å². The van der Waals surface area contributed by atoms with Crippen molar-refractivity contribution in [3.05, 3.63) is 10.6 Å². The molecule has 3 nitrogen and oxygen atoms in total. The SMILES string of the molecule is CCOC(=O)C(N)CSCC(Cl)=CCl. The van der Waals surface area contributed by atoms with E-state index in [4.69, 9.17) is 33.7 Å². The fourth-order valence-electron chi connectivity index (χ4n) is 0.632. The molecule has 0 aliphatic heterocycles. The van der Waals surface area contributed by atoms with Gasteiger partial charge in [-0.25, -0.2) is 0 Å². The first-order chi connectivity index (χ1) is 6.61. The van der Waals surface area contributed by atoms with Gasteiger partial charge in [-0.05, 0) is 6.92 Å². The third-order valence-electron chi connectivity index (χ3n) is 1.25. The first-order valence-electron chi connectivity index (χ1n) is 4.06. The molecule has 0 fully saturated rings. The Bertz CT molecular complexity index is 212. The van der Waals surface area contributed by atoms with Crippen LogP contribution in [0.15, 0.2) is 10.6 Å². The summed E-state index contributed by atoms with van der Waals surface area (Å²) in [5, 5.41) is 0.535. The Hall–Kier alpha value is 0.1000. The lowest BCUT2D eigenvalue weighted by molar-refractivity contribution is -0.144. The number of carbonyl (C=O) groups is 1. The molecule has 0 bridgehead atoms. The van der Waals surface area contributed by atoms with Crippen molar-refractivity contribution in [3.8, 4) is 0 Å². The predicted molar refractivity (Wildman–Crippen MR) is 61.7 cm³/mol. The van der Waals surface area contributed by atoms with Gasteiger partial charge in [0.05, 0.1) is 6.61 Å². The largest absolute Gasteiger partial charge is 0.465 e. The van der Waals surface area contributed by atoms with Crippen LogP contribution in [0.2, 0.25) is 0 Å². The number of hydrogen-bond donors (Lipinski definition) is 1. The second-order valence-corrected chi connectivity index (χ2v) is 4.16. The van der Waals surface area contributed by atoms with Crippen LogP contribution in [0.1, 0.15) is 6.92 Å². The van der Waals surface area contributed by atoms with E-state index >= 15 is 0 Å². The highest BCUT2D eigenvalue weighted by atomic mass is 35.5. The molecule has 1 atom stereocenters. The minimum Gasteiger partial charge on any atom is -0.465 e. The molecule has 0 saturated carbocycles. The Morgan fingerprint density at radius 2 is 2.36 bits per heavy atom. The molecule has 1 unspecified atom stereocenters. The third kappa shape index (κ3) is 6.54. The Morgan fingerprint density at radius 3 is 2.86 bits per heavy atom. The molecule has 0 aromatic rings. The molecule has 0 aromatic carbocycles. The number of hydrogen-bond acceptors (Lipinski definition) is 4. The summed E-state index contributed by atoms with van der Waals surface area (Å²) in [5.41, 5.74) is 6.84. The maximum absolute atomic E-state index is 11.1. The normalized spacial score (nSPS) is 13.9. The predicted octanol–water partition coefficient (Wildman–Crippen LogP) is 1.93. The van der Waals surface area contributed by atoms with E-state index in [-0.39, 0.29) is 5.97 Å². The fraction of sp³-hybridized carbons (Fsp3) is 0.625. The van der Waals surface area contributed by atoms with Crippen molar-refractivity contribution in [1.29, 1.82) is 0 Å². The van der Waals surface area contributed by atoms with E-state index in [0.717, 1.165) is 0 Å². The number of thioether (sulfide) groups is 1. The van der Waals surface area contributed by atoms with Crippen LogP contribution in [0, 0.1) is 0 Å². The molecule has 2 N–H and O–H groups in total. The van der Waals surface area contributed by atoms with Gasteiger partial charge in [0.25, 0.3) is 0 Å². The van der Waals surface area contributed by atoms with Gasteiger partial charge < -0.3 is 10.5 Å². The van der Waals surface area contributed by atoms with Crippen molar-refractivity contribution in [3.63, 3.8) is 0 Å². The minimum atomic E-state index is -0.597. The van der Waals surface area contributed by atoms with Gasteiger partial charge in [-0.15, -0.1) is 0 Å². The number of ether oxygens (including phenoxy) is 1. The van der Waals surface area contributed by atoms with Crippen molar-refractivity contribution in [1.82, 2.24) is 0 Å². The molecular formula is C8H13Cl2NO2S. The van der Waals surface area contributed by atoms with Crippen LogP contribution in [0.3, 0.4) is 0 Å². The number of rotatable bonds is 6. The molecule has 0 heterocycles. The summed E-state index contributed by atoms with van der Waals surface area (Å²) in [6.45, 7) is 2.09. The monoisotopic (exact) mass is 257 g/mol. The van der Waals surface area contributed by atoms with E-state index < -0.39 is 6.04 Å². The van der Waals surface area contributed by atoms with Crippen molar-refractivity contribution in [2.75, 3.05) is 18.1 Å². The van der Waals surface area contributed by atoms with Crippen molar-refractivity contribution >= 4 is 40.9 Å². The average Bonchev–Trinajstić information content (AvgIpc) is 2.17. The molecule has 0 aromatic heterocycles. The van der Waals surface area contributed by atoms with Crippen LogP contribution in [0.25, 0.3) is 0 Å². The van der Waals surface area contributed by atoms with E-state index in [9.17, 15) is 4.79 Å². The Balaban J connectivity index is 3.63. The molecule has 6 heteroatoms. The Morgan fingerprint density at radius 1 is 1.71 bits per heavy atom. The molecule has 0 spiro atoms.